The summed E-state index contributed by atoms with van der Waals surface area (Å²) in [4.78, 5) is 25.1. The highest BCUT2D eigenvalue weighted by atomic mass is 16.6. The quantitative estimate of drug-likeness (QED) is 0.454. The molecule has 2 rings (SSSR count). The fourth-order valence-corrected chi connectivity index (χ4v) is 3.74. The topological polar surface area (TPSA) is 52.6 Å². The molecular weight excluding hydrogens is 268 g/mol. The van der Waals surface area contributed by atoms with Crippen LogP contribution < -0.4 is 0 Å². The van der Waals surface area contributed by atoms with E-state index in [0.29, 0.717) is 12.8 Å². The van der Waals surface area contributed by atoms with Gasteiger partial charge < -0.3 is 9.47 Å². The van der Waals surface area contributed by atoms with Crippen molar-refractivity contribution in [2.45, 2.75) is 53.4 Å². The Balaban J connectivity index is 2.33. The SMILES string of the molecule is CCOC(=O)C1(C(=O)OCC)CCCC2=CC(C)(C)[C@H]2C1. The van der Waals surface area contributed by atoms with E-state index in [0.717, 1.165) is 12.8 Å². The predicted octanol–water partition coefficient (Wildman–Crippen LogP) is 3.26. The average molecular weight is 294 g/mol. The van der Waals surface area contributed by atoms with E-state index < -0.39 is 17.4 Å². The van der Waals surface area contributed by atoms with Crippen molar-refractivity contribution in [3.63, 3.8) is 0 Å². The number of fused-ring (bicyclic) bond motifs is 1. The van der Waals surface area contributed by atoms with Crippen LogP contribution in [0.3, 0.4) is 0 Å². The lowest BCUT2D eigenvalue weighted by atomic mass is 9.59. The van der Waals surface area contributed by atoms with E-state index in [2.05, 4.69) is 19.9 Å². The van der Waals surface area contributed by atoms with Crippen molar-refractivity contribution in [2.75, 3.05) is 13.2 Å². The van der Waals surface area contributed by atoms with Crippen molar-refractivity contribution in [1.29, 1.82) is 0 Å². The summed E-state index contributed by atoms with van der Waals surface area (Å²) < 4.78 is 10.4. The first-order valence-corrected chi connectivity index (χ1v) is 7.93. The molecule has 0 unspecified atom stereocenters. The number of hydrogen-bond donors (Lipinski definition) is 0. The minimum absolute atomic E-state index is 0.0455. The zero-order valence-electron chi connectivity index (χ0n) is 13.5. The van der Waals surface area contributed by atoms with Gasteiger partial charge in [0.2, 0.25) is 0 Å². The predicted molar refractivity (Wildman–Crippen MR) is 79.5 cm³/mol. The molecule has 1 fully saturated rings. The number of ether oxygens (including phenoxy) is 2. The van der Waals surface area contributed by atoms with Crippen LogP contribution in [0.5, 0.6) is 0 Å². The molecule has 0 heterocycles. The second-order valence-corrected chi connectivity index (χ2v) is 6.67. The van der Waals surface area contributed by atoms with Crippen LogP contribution in [0.15, 0.2) is 11.6 Å². The van der Waals surface area contributed by atoms with Crippen molar-refractivity contribution in [3.05, 3.63) is 11.6 Å². The molecule has 0 aromatic rings. The number of carbonyl (C=O) groups is 2. The third kappa shape index (κ3) is 2.72. The Labute approximate surface area is 126 Å². The molecule has 0 aromatic carbocycles. The lowest BCUT2D eigenvalue weighted by molar-refractivity contribution is -0.174. The third-order valence-electron chi connectivity index (χ3n) is 4.86. The van der Waals surface area contributed by atoms with E-state index in [-0.39, 0.29) is 24.5 Å². The Morgan fingerprint density at radius 3 is 2.24 bits per heavy atom. The monoisotopic (exact) mass is 294 g/mol. The Kier molecular flexibility index (Phi) is 4.45. The van der Waals surface area contributed by atoms with Gasteiger partial charge in [-0.1, -0.05) is 25.5 Å². The molecule has 0 amide bonds. The molecule has 21 heavy (non-hydrogen) atoms. The van der Waals surface area contributed by atoms with Gasteiger partial charge in [-0.3, -0.25) is 9.59 Å². The largest absolute Gasteiger partial charge is 0.465 e. The standard InChI is InChI=1S/C17H26O4/c1-5-20-14(18)17(15(19)21-6-2)9-7-8-12-10-16(3,4)13(12)11-17/h10,13H,5-9,11H2,1-4H3/t13-/m0/s1. The molecule has 0 aliphatic heterocycles. The molecule has 0 N–H and O–H groups in total. The summed E-state index contributed by atoms with van der Waals surface area (Å²) in [6, 6.07) is 0. The summed E-state index contributed by atoms with van der Waals surface area (Å²) >= 11 is 0. The Morgan fingerprint density at radius 1 is 1.19 bits per heavy atom. The van der Waals surface area contributed by atoms with Gasteiger partial charge in [0.1, 0.15) is 0 Å². The Hall–Kier alpha value is -1.32. The molecule has 2 aliphatic rings. The van der Waals surface area contributed by atoms with Crippen LogP contribution >= 0.6 is 0 Å². The van der Waals surface area contributed by atoms with Crippen molar-refractivity contribution in [2.24, 2.45) is 16.7 Å². The van der Waals surface area contributed by atoms with Gasteiger partial charge in [0.15, 0.2) is 5.41 Å². The van der Waals surface area contributed by atoms with Gasteiger partial charge in [-0.25, -0.2) is 0 Å². The molecule has 4 heteroatoms. The van der Waals surface area contributed by atoms with Gasteiger partial charge in [-0.15, -0.1) is 0 Å². The Bertz CT molecular complexity index is 443. The molecule has 2 aliphatic carbocycles. The molecule has 1 saturated carbocycles. The van der Waals surface area contributed by atoms with Gasteiger partial charge in [-0.05, 0) is 50.9 Å². The summed E-state index contributed by atoms with van der Waals surface area (Å²) in [6.45, 7) is 8.44. The summed E-state index contributed by atoms with van der Waals surface area (Å²) in [5.74, 6) is -0.548. The molecule has 118 valence electrons. The number of carbonyl (C=O) groups excluding carboxylic acids is 2. The van der Waals surface area contributed by atoms with Gasteiger partial charge >= 0.3 is 11.9 Å². The first kappa shape index (κ1) is 16.1. The van der Waals surface area contributed by atoms with Gasteiger partial charge in [0, 0.05) is 0 Å². The molecular formula is C17H26O4. The smallest absolute Gasteiger partial charge is 0.323 e. The summed E-state index contributed by atoms with van der Waals surface area (Å²) in [5.41, 5.74) is 0.309. The fourth-order valence-electron chi connectivity index (χ4n) is 3.74. The maximum atomic E-state index is 12.5. The highest BCUT2D eigenvalue weighted by molar-refractivity contribution is 6.00. The van der Waals surface area contributed by atoms with Crippen LogP contribution in [0.1, 0.15) is 53.4 Å². The fraction of sp³-hybridized carbons (Fsp3) is 0.765. The van der Waals surface area contributed by atoms with E-state index in [1.807, 2.05) is 0 Å². The van der Waals surface area contributed by atoms with E-state index in [4.69, 9.17) is 9.47 Å². The molecule has 0 radical (unpaired) electrons. The van der Waals surface area contributed by atoms with Crippen LogP contribution in [0.25, 0.3) is 0 Å². The maximum Gasteiger partial charge on any atom is 0.323 e. The summed E-state index contributed by atoms with van der Waals surface area (Å²) in [5, 5.41) is 0. The van der Waals surface area contributed by atoms with Crippen molar-refractivity contribution < 1.29 is 19.1 Å². The van der Waals surface area contributed by atoms with Crippen LogP contribution in [0.4, 0.5) is 0 Å². The zero-order chi connectivity index (χ0) is 15.7. The normalized spacial score (nSPS) is 25.7. The summed E-state index contributed by atoms with van der Waals surface area (Å²) in [6.07, 6.45) is 5.12. The van der Waals surface area contributed by atoms with E-state index in [9.17, 15) is 9.59 Å². The first-order valence-electron chi connectivity index (χ1n) is 7.93. The van der Waals surface area contributed by atoms with Crippen LogP contribution in [-0.4, -0.2) is 25.2 Å². The number of rotatable bonds is 4. The summed E-state index contributed by atoms with van der Waals surface area (Å²) in [7, 11) is 0. The molecule has 0 aromatic heterocycles. The minimum Gasteiger partial charge on any atom is -0.465 e. The van der Waals surface area contributed by atoms with Gasteiger partial charge in [-0.2, -0.15) is 0 Å². The Morgan fingerprint density at radius 2 is 1.76 bits per heavy atom. The van der Waals surface area contributed by atoms with Crippen molar-refractivity contribution in [3.8, 4) is 0 Å². The molecule has 0 bridgehead atoms. The third-order valence-corrected chi connectivity index (χ3v) is 4.86. The lowest BCUT2D eigenvalue weighted by Crippen LogP contribution is -2.46. The van der Waals surface area contributed by atoms with Crippen LogP contribution in [-0.2, 0) is 19.1 Å². The lowest BCUT2D eigenvalue weighted by Gasteiger charge is -2.45. The highest BCUT2D eigenvalue weighted by Gasteiger charge is 2.55. The molecule has 0 saturated heterocycles. The highest BCUT2D eigenvalue weighted by Crippen LogP contribution is 2.55. The zero-order valence-corrected chi connectivity index (χ0v) is 13.5. The van der Waals surface area contributed by atoms with Gasteiger partial charge in [0.05, 0.1) is 13.2 Å². The van der Waals surface area contributed by atoms with Crippen molar-refractivity contribution in [1.82, 2.24) is 0 Å². The average Bonchev–Trinajstić information content (AvgIpc) is 2.58. The number of esters is 2. The molecule has 0 spiro atoms. The van der Waals surface area contributed by atoms with Crippen molar-refractivity contribution >= 4 is 11.9 Å². The van der Waals surface area contributed by atoms with E-state index in [1.165, 1.54) is 5.57 Å². The minimum atomic E-state index is -1.12. The van der Waals surface area contributed by atoms with Crippen LogP contribution in [0, 0.1) is 16.7 Å². The number of hydrogen-bond acceptors (Lipinski definition) is 4. The van der Waals surface area contributed by atoms with E-state index >= 15 is 0 Å². The second-order valence-electron chi connectivity index (χ2n) is 6.67. The number of allylic oxidation sites excluding steroid dienone is 2. The van der Waals surface area contributed by atoms with Gasteiger partial charge in [0.25, 0.3) is 0 Å². The van der Waals surface area contributed by atoms with Crippen LogP contribution in [0.2, 0.25) is 0 Å². The molecule has 1 atom stereocenters. The maximum absolute atomic E-state index is 12.5. The molecule has 4 nitrogen and oxygen atoms in total. The second kappa shape index (κ2) is 5.82. The first-order chi connectivity index (χ1) is 9.87. The van der Waals surface area contributed by atoms with E-state index in [1.54, 1.807) is 13.8 Å².